The third-order valence-corrected chi connectivity index (χ3v) is 4.53. The summed E-state index contributed by atoms with van der Waals surface area (Å²) in [5.74, 6) is -0.746. The Labute approximate surface area is 149 Å². The van der Waals surface area contributed by atoms with E-state index in [1.54, 1.807) is 6.92 Å². The first-order valence-electron chi connectivity index (χ1n) is 7.92. The predicted molar refractivity (Wildman–Crippen MR) is 89.5 cm³/mol. The summed E-state index contributed by atoms with van der Waals surface area (Å²) in [6, 6.07) is 4.12. The van der Waals surface area contributed by atoms with E-state index < -0.39 is 24.2 Å². The molecular formula is C17H20ClF3N2O2. The molecule has 2 rings (SSSR count). The molecule has 0 unspecified atom stereocenters. The first-order chi connectivity index (χ1) is 11.5. The molecule has 1 amide bonds. The lowest BCUT2D eigenvalue weighted by Crippen LogP contribution is -2.56. The minimum Gasteiger partial charge on any atom is -0.362 e. The Morgan fingerprint density at radius 3 is 2.60 bits per heavy atom. The predicted octanol–water partition coefficient (Wildman–Crippen LogP) is 4.54. The summed E-state index contributed by atoms with van der Waals surface area (Å²) in [5, 5.41) is 14.6. The molecule has 1 heterocycles. The minimum atomic E-state index is -5.02. The number of hydrazone groups is 1. The largest absolute Gasteiger partial charge is 0.438 e. The molecule has 1 aliphatic heterocycles. The monoisotopic (exact) mass is 376 g/mol. The molecule has 0 fully saturated rings. The molecule has 1 aliphatic rings. The quantitative estimate of drug-likeness (QED) is 0.838. The summed E-state index contributed by atoms with van der Waals surface area (Å²) in [4.78, 5) is 12.6. The fourth-order valence-electron chi connectivity index (χ4n) is 2.55. The molecule has 1 N–H and O–H groups in total. The van der Waals surface area contributed by atoms with Crippen LogP contribution >= 0.6 is 11.6 Å². The lowest BCUT2D eigenvalue weighted by Gasteiger charge is -2.32. The van der Waals surface area contributed by atoms with Crippen LogP contribution < -0.4 is 0 Å². The zero-order chi connectivity index (χ0) is 19.0. The summed E-state index contributed by atoms with van der Waals surface area (Å²) >= 11 is 5.89. The van der Waals surface area contributed by atoms with E-state index in [0.717, 1.165) is 0 Å². The van der Waals surface area contributed by atoms with E-state index in [0.29, 0.717) is 23.4 Å². The molecule has 0 saturated heterocycles. The second-order valence-corrected chi connectivity index (χ2v) is 7.08. The lowest BCUT2D eigenvalue weighted by atomic mass is 9.99. The van der Waals surface area contributed by atoms with Crippen LogP contribution in [0.15, 0.2) is 23.3 Å². The molecule has 0 aromatic heterocycles. The fraction of sp³-hybridized carbons (Fsp3) is 0.529. The van der Waals surface area contributed by atoms with Gasteiger partial charge in [-0.3, -0.25) is 4.79 Å². The average molecular weight is 377 g/mol. The van der Waals surface area contributed by atoms with E-state index in [4.69, 9.17) is 11.6 Å². The zero-order valence-corrected chi connectivity index (χ0v) is 14.9. The Kier molecular flexibility index (Phi) is 5.49. The van der Waals surface area contributed by atoms with Crippen molar-refractivity contribution >= 4 is 23.2 Å². The van der Waals surface area contributed by atoms with E-state index in [1.165, 1.54) is 18.2 Å². The Bertz CT molecular complexity index is 704. The Morgan fingerprint density at radius 1 is 1.44 bits per heavy atom. The topological polar surface area (TPSA) is 52.9 Å². The van der Waals surface area contributed by atoms with Crippen LogP contribution in [0, 0.1) is 12.8 Å². The summed E-state index contributed by atoms with van der Waals surface area (Å²) in [6.07, 6.45) is -4.84. The summed E-state index contributed by atoms with van der Waals surface area (Å²) in [7, 11) is 0. The Morgan fingerprint density at radius 2 is 2.08 bits per heavy atom. The van der Waals surface area contributed by atoms with Crippen molar-refractivity contribution in [3.05, 3.63) is 34.3 Å². The van der Waals surface area contributed by atoms with Gasteiger partial charge in [0, 0.05) is 22.7 Å². The number of halogens is 4. The fourth-order valence-corrected chi connectivity index (χ4v) is 2.66. The van der Waals surface area contributed by atoms with Crippen molar-refractivity contribution in [2.45, 2.75) is 51.9 Å². The molecule has 1 aromatic rings. The molecule has 138 valence electrons. The number of benzene rings is 1. The number of amides is 1. The van der Waals surface area contributed by atoms with E-state index in [9.17, 15) is 23.1 Å². The van der Waals surface area contributed by atoms with Crippen molar-refractivity contribution in [3.8, 4) is 0 Å². The minimum absolute atomic E-state index is 0.0153. The highest BCUT2D eigenvalue weighted by molar-refractivity contribution is 6.31. The number of carbonyl (C=O) groups is 1. The maximum Gasteiger partial charge on any atom is 0.438 e. The summed E-state index contributed by atoms with van der Waals surface area (Å²) < 4.78 is 40.3. The number of rotatable bonds is 4. The molecule has 0 bridgehead atoms. The lowest BCUT2D eigenvalue weighted by molar-refractivity contribution is -0.297. The molecule has 8 heteroatoms. The van der Waals surface area contributed by atoms with Gasteiger partial charge in [-0.1, -0.05) is 25.4 Å². The van der Waals surface area contributed by atoms with E-state index >= 15 is 0 Å². The van der Waals surface area contributed by atoms with Gasteiger partial charge < -0.3 is 5.11 Å². The van der Waals surface area contributed by atoms with Crippen LogP contribution in [0.4, 0.5) is 13.2 Å². The van der Waals surface area contributed by atoms with Gasteiger partial charge in [-0.2, -0.15) is 23.3 Å². The molecule has 4 nitrogen and oxygen atoms in total. The average Bonchev–Trinajstić information content (AvgIpc) is 2.85. The highest BCUT2D eigenvalue weighted by atomic mass is 35.5. The van der Waals surface area contributed by atoms with Crippen molar-refractivity contribution in [2.75, 3.05) is 0 Å². The maximum absolute atomic E-state index is 13.4. The number of alkyl halides is 3. The van der Waals surface area contributed by atoms with E-state index in [2.05, 4.69) is 5.10 Å². The SMILES string of the molecule is Cc1cc(C(=O)N2N=C(CCC(C)C)C[C@@]2(O)C(F)(F)F)ccc1Cl. The maximum atomic E-state index is 13.4. The van der Waals surface area contributed by atoms with Crippen LogP contribution in [0.1, 0.15) is 49.0 Å². The molecular weight excluding hydrogens is 357 g/mol. The molecule has 0 saturated carbocycles. The smallest absolute Gasteiger partial charge is 0.362 e. The van der Waals surface area contributed by atoms with Gasteiger partial charge in [-0.25, -0.2) is 0 Å². The number of nitrogens with zero attached hydrogens (tertiary/aromatic N) is 2. The molecule has 25 heavy (non-hydrogen) atoms. The van der Waals surface area contributed by atoms with Gasteiger partial charge in [0.2, 0.25) is 0 Å². The van der Waals surface area contributed by atoms with Crippen LogP contribution in [0.5, 0.6) is 0 Å². The highest BCUT2D eigenvalue weighted by Crippen LogP contribution is 2.41. The van der Waals surface area contributed by atoms with Gasteiger partial charge in [-0.05, 0) is 49.4 Å². The van der Waals surface area contributed by atoms with Gasteiger partial charge >= 0.3 is 6.18 Å². The van der Waals surface area contributed by atoms with Crippen molar-refractivity contribution < 1.29 is 23.1 Å². The molecule has 0 radical (unpaired) electrons. The summed E-state index contributed by atoms with van der Waals surface area (Å²) in [6.45, 7) is 5.51. The Hall–Kier alpha value is -1.60. The van der Waals surface area contributed by atoms with E-state index in [-0.39, 0.29) is 22.2 Å². The van der Waals surface area contributed by atoms with Crippen LogP contribution in [-0.2, 0) is 0 Å². The van der Waals surface area contributed by atoms with Gasteiger partial charge in [0.1, 0.15) is 0 Å². The van der Waals surface area contributed by atoms with Gasteiger partial charge in [0.25, 0.3) is 11.6 Å². The molecule has 0 aliphatic carbocycles. The third kappa shape index (κ3) is 3.98. The first-order valence-corrected chi connectivity index (χ1v) is 8.29. The van der Waals surface area contributed by atoms with Crippen molar-refractivity contribution in [1.29, 1.82) is 0 Å². The van der Waals surface area contributed by atoms with Crippen LogP contribution in [-0.4, -0.2) is 33.6 Å². The van der Waals surface area contributed by atoms with Crippen molar-refractivity contribution in [2.24, 2.45) is 11.0 Å². The molecule has 1 atom stereocenters. The molecule has 0 spiro atoms. The van der Waals surface area contributed by atoms with Crippen LogP contribution in [0.25, 0.3) is 0 Å². The van der Waals surface area contributed by atoms with Crippen LogP contribution in [0.2, 0.25) is 5.02 Å². The first kappa shape index (κ1) is 19.7. The van der Waals surface area contributed by atoms with Crippen molar-refractivity contribution in [3.63, 3.8) is 0 Å². The zero-order valence-electron chi connectivity index (χ0n) is 14.2. The number of aliphatic hydroxyl groups is 1. The van der Waals surface area contributed by atoms with Crippen molar-refractivity contribution in [1.82, 2.24) is 5.01 Å². The number of carbonyl (C=O) groups excluding carboxylic acids is 1. The number of aryl methyl sites for hydroxylation is 1. The second-order valence-electron chi connectivity index (χ2n) is 6.67. The number of hydrogen-bond donors (Lipinski definition) is 1. The Balaban J connectivity index is 2.37. The normalized spacial score (nSPS) is 21.0. The van der Waals surface area contributed by atoms with Gasteiger partial charge in [0.15, 0.2) is 0 Å². The van der Waals surface area contributed by atoms with Gasteiger partial charge in [-0.15, -0.1) is 0 Å². The highest BCUT2D eigenvalue weighted by Gasteiger charge is 2.63. The molecule has 1 aromatic carbocycles. The summed E-state index contributed by atoms with van der Waals surface area (Å²) in [5.41, 5.74) is -2.64. The van der Waals surface area contributed by atoms with Gasteiger partial charge in [0.05, 0.1) is 0 Å². The van der Waals surface area contributed by atoms with E-state index in [1.807, 2.05) is 13.8 Å². The number of hydrogen-bond acceptors (Lipinski definition) is 3. The standard InChI is InChI=1S/C17H20ClF3N2O2/c1-10(2)4-6-13-9-16(25,17(19,20)21)23(22-13)15(24)12-5-7-14(18)11(3)8-12/h5,7-8,10,25H,4,6,9H2,1-3H3/t16-/m1/s1. The van der Waals surface area contributed by atoms with Crippen LogP contribution in [0.3, 0.4) is 0 Å². The second kappa shape index (κ2) is 6.96. The third-order valence-electron chi connectivity index (χ3n) is 4.10.